The molecule has 0 atom stereocenters. The third-order valence-electron chi connectivity index (χ3n) is 3.14. The summed E-state index contributed by atoms with van der Waals surface area (Å²) >= 11 is 9.41. The van der Waals surface area contributed by atoms with Gasteiger partial charge in [0.25, 0.3) is 5.91 Å². The first-order valence-corrected chi connectivity index (χ1v) is 7.53. The highest BCUT2D eigenvalue weighted by molar-refractivity contribution is 9.10. The van der Waals surface area contributed by atoms with Gasteiger partial charge in [-0.3, -0.25) is 4.79 Å². The maximum Gasteiger partial charge on any atom is 0.339 e. The van der Waals surface area contributed by atoms with Crippen molar-refractivity contribution >= 4 is 45.1 Å². The number of halogens is 2. The SMILES string of the molecule is COC(=O)c1ccccc1N(C)C(=O)c1ccc(Br)cc1Cl. The van der Waals surface area contributed by atoms with Crippen LogP contribution in [0.4, 0.5) is 5.69 Å². The van der Waals surface area contributed by atoms with Crippen LogP contribution in [0.5, 0.6) is 0 Å². The number of amides is 1. The third-order valence-corrected chi connectivity index (χ3v) is 3.94. The number of rotatable bonds is 3. The largest absolute Gasteiger partial charge is 0.465 e. The third kappa shape index (κ3) is 3.31. The summed E-state index contributed by atoms with van der Waals surface area (Å²) in [5, 5.41) is 0.335. The lowest BCUT2D eigenvalue weighted by molar-refractivity contribution is 0.0601. The quantitative estimate of drug-likeness (QED) is 0.749. The monoisotopic (exact) mass is 381 g/mol. The number of nitrogens with zero attached hydrogens (tertiary/aromatic N) is 1. The molecule has 0 heterocycles. The zero-order valence-corrected chi connectivity index (χ0v) is 14.3. The first-order chi connectivity index (χ1) is 10.5. The Morgan fingerprint density at radius 2 is 1.82 bits per heavy atom. The van der Waals surface area contributed by atoms with Crippen LogP contribution in [0.25, 0.3) is 0 Å². The van der Waals surface area contributed by atoms with Crippen LogP contribution in [0.1, 0.15) is 20.7 Å². The molecule has 0 spiro atoms. The number of carbonyl (C=O) groups is 2. The van der Waals surface area contributed by atoms with Crippen LogP contribution >= 0.6 is 27.5 Å². The van der Waals surface area contributed by atoms with Crippen LogP contribution in [0.3, 0.4) is 0 Å². The van der Waals surface area contributed by atoms with E-state index in [2.05, 4.69) is 15.9 Å². The molecule has 0 saturated carbocycles. The van der Waals surface area contributed by atoms with Gasteiger partial charge in [0, 0.05) is 11.5 Å². The summed E-state index contributed by atoms with van der Waals surface area (Å²) in [5.74, 6) is -0.814. The summed E-state index contributed by atoms with van der Waals surface area (Å²) < 4.78 is 5.53. The molecular weight excluding hydrogens is 370 g/mol. The predicted octanol–water partition coefficient (Wildman–Crippen LogP) is 4.17. The summed E-state index contributed by atoms with van der Waals surface area (Å²) in [7, 11) is 2.88. The Bertz CT molecular complexity index is 733. The number of methoxy groups -OCH3 is 1. The smallest absolute Gasteiger partial charge is 0.339 e. The van der Waals surface area contributed by atoms with E-state index >= 15 is 0 Å². The van der Waals surface area contributed by atoms with Crippen LogP contribution in [-0.4, -0.2) is 26.0 Å². The van der Waals surface area contributed by atoms with E-state index in [0.717, 1.165) is 4.47 Å². The molecule has 0 radical (unpaired) electrons. The van der Waals surface area contributed by atoms with Crippen molar-refractivity contribution in [1.29, 1.82) is 0 Å². The van der Waals surface area contributed by atoms with Gasteiger partial charge in [-0.2, -0.15) is 0 Å². The number of esters is 1. The predicted molar refractivity (Wildman–Crippen MR) is 89.7 cm³/mol. The fourth-order valence-corrected chi connectivity index (χ4v) is 2.76. The van der Waals surface area contributed by atoms with Crippen molar-refractivity contribution in [3.05, 3.63) is 63.1 Å². The molecule has 4 nitrogen and oxygen atoms in total. The van der Waals surface area contributed by atoms with E-state index in [1.807, 2.05) is 0 Å². The normalized spacial score (nSPS) is 10.2. The van der Waals surface area contributed by atoms with Gasteiger partial charge >= 0.3 is 5.97 Å². The molecule has 0 aliphatic rings. The zero-order chi connectivity index (χ0) is 16.3. The highest BCUT2D eigenvalue weighted by Crippen LogP contribution is 2.26. The molecule has 2 aromatic rings. The van der Waals surface area contributed by atoms with E-state index in [1.54, 1.807) is 49.5 Å². The fraction of sp³-hybridized carbons (Fsp3) is 0.125. The summed E-state index contributed by atoms with van der Waals surface area (Å²) in [6, 6.07) is 11.8. The molecule has 0 saturated heterocycles. The van der Waals surface area contributed by atoms with Gasteiger partial charge in [0.1, 0.15) is 0 Å². The van der Waals surface area contributed by atoms with Crippen molar-refractivity contribution in [3.63, 3.8) is 0 Å². The number of hydrogen-bond acceptors (Lipinski definition) is 3. The van der Waals surface area contributed by atoms with Gasteiger partial charge in [0.2, 0.25) is 0 Å². The molecule has 0 N–H and O–H groups in total. The van der Waals surface area contributed by atoms with Crippen LogP contribution in [-0.2, 0) is 4.74 Å². The first kappa shape index (κ1) is 16.5. The van der Waals surface area contributed by atoms with E-state index < -0.39 is 5.97 Å². The van der Waals surface area contributed by atoms with Crippen molar-refractivity contribution < 1.29 is 14.3 Å². The second-order valence-corrected chi connectivity index (χ2v) is 5.82. The van der Waals surface area contributed by atoms with Gasteiger partial charge in [-0.15, -0.1) is 0 Å². The van der Waals surface area contributed by atoms with Crippen LogP contribution in [0.2, 0.25) is 5.02 Å². The maximum atomic E-state index is 12.6. The Labute approximate surface area is 141 Å². The molecule has 0 aliphatic carbocycles. The van der Waals surface area contributed by atoms with Gasteiger partial charge in [0.05, 0.1) is 28.9 Å². The number of hydrogen-bond donors (Lipinski definition) is 0. The van der Waals surface area contributed by atoms with Gasteiger partial charge in [0.15, 0.2) is 0 Å². The standard InChI is InChI=1S/C16H13BrClNO3/c1-19(14-6-4-3-5-12(14)16(21)22-2)15(20)11-8-7-10(17)9-13(11)18/h3-9H,1-2H3. The number of carbonyl (C=O) groups excluding carboxylic acids is 2. The van der Waals surface area contributed by atoms with Gasteiger partial charge < -0.3 is 9.64 Å². The Balaban J connectivity index is 2.41. The number of benzene rings is 2. The molecule has 1 amide bonds. The van der Waals surface area contributed by atoms with Gasteiger partial charge in [-0.05, 0) is 30.3 Å². The van der Waals surface area contributed by atoms with Crippen molar-refractivity contribution in [3.8, 4) is 0 Å². The van der Waals surface area contributed by atoms with Gasteiger partial charge in [-0.1, -0.05) is 39.7 Å². The molecule has 0 unspecified atom stereocenters. The Morgan fingerprint density at radius 3 is 2.45 bits per heavy atom. The lowest BCUT2D eigenvalue weighted by atomic mass is 10.1. The van der Waals surface area contributed by atoms with Crippen LogP contribution < -0.4 is 4.90 Å². The Morgan fingerprint density at radius 1 is 1.14 bits per heavy atom. The average molecular weight is 383 g/mol. The minimum atomic E-state index is -0.503. The highest BCUT2D eigenvalue weighted by Gasteiger charge is 2.21. The number of anilines is 1. The van der Waals surface area contributed by atoms with Crippen LogP contribution in [0.15, 0.2) is 46.9 Å². The maximum absolute atomic E-state index is 12.6. The zero-order valence-electron chi connectivity index (χ0n) is 12.0. The second-order valence-electron chi connectivity index (χ2n) is 4.50. The highest BCUT2D eigenvalue weighted by atomic mass is 79.9. The topological polar surface area (TPSA) is 46.6 Å². The van der Waals surface area contributed by atoms with Crippen molar-refractivity contribution in [2.45, 2.75) is 0 Å². The molecule has 2 rings (SSSR count). The second kappa shape index (κ2) is 6.94. The number of para-hydroxylation sites is 1. The van der Waals surface area contributed by atoms with Crippen molar-refractivity contribution in [2.75, 3.05) is 19.1 Å². The number of ether oxygens (including phenoxy) is 1. The molecule has 2 aromatic carbocycles. The van der Waals surface area contributed by atoms with E-state index in [4.69, 9.17) is 16.3 Å². The van der Waals surface area contributed by atoms with Gasteiger partial charge in [-0.25, -0.2) is 4.79 Å². The molecule has 22 heavy (non-hydrogen) atoms. The lowest BCUT2D eigenvalue weighted by Gasteiger charge is -2.20. The Hall–Kier alpha value is -1.85. The van der Waals surface area contributed by atoms with Crippen molar-refractivity contribution in [2.24, 2.45) is 0 Å². The minimum absolute atomic E-state index is 0.311. The molecule has 0 bridgehead atoms. The van der Waals surface area contributed by atoms with E-state index in [-0.39, 0.29) is 5.91 Å². The summed E-state index contributed by atoms with van der Waals surface area (Å²) in [5.41, 5.74) is 1.12. The van der Waals surface area contributed by atoms with E-state index in [1.165, 1.54) is 12.0 Å². The minimum Gasteiger partial charge on any atom is -0.465 e. The average Bonchev–Trinajstić information content (AvgIpc) is 2.53. The Kier molecular flexibility index (Phi) is 5.21. The molecule has 0 aromatic heterocycles. The van der Waals surface area contributed by atoms with E-state index in [9.17, 15) is 9.59 Å². The fourth-order valence-electron chi connectivity index (χ4n) is 2.00. The lowest BCUT2D eigenvalue weighted by Crippen LogP contribution is -2.28. The van der Waals surface area contributed by atoms with Crippen LogP contribution in [0, 0.1) is 0 Å². The molecular formula is C16H13BrClNO3. The summed E-state index contributed by atoms with van der Waals surface area (Å²) in [4.78, 5) is 25.8. The first-order valence-electron chi connectivity index (χ1n) is 6.36. The molecule has 0 aliphatic heterocycles. The summed E-state index contributed by atoms with van der Waals surface area (Å²) in [6.07, 6.45) is 0. The summed E-state index contributed by atoms with van der Waals surface area (Å²) in [6.45, 7) is 0. The molecule has 6 heteroatoms. The molecule has 0 fully saturated rings. The van der Waals surface area contributed by atoms with Crippen molar-refractivity contribution in [1.82, 2.24) is 0 Å². The van der Waals surface area contributed by atoms with E-state index in [0.29, 0.717) is 21.8 Å². The molecule has 114 valence electrons.